The highest BCUT2D eigenvalue weighted by Crippen LogP contribution is 2.20. The van der Waals surface area contributed by atoms with Gasteiger partial charge in [0.15, 0.2) is 0 Å². The van der Waals surface area contributed by atoms with E-state index in [1.165, 1.54) is 26.0 Å². The number of carbonyl (C=O) groups excluding carboxylic acids is 2. The molecule has 0 radical (unpaired) electrons. The van der Waals surface area contributed by atoms with Crippen molar-refractivity contribution in [3.63, 3.8) is 0 Å². The number of hydrogen-bond acceptors (Lipinski definition) is 4. The molecule has 0 aliphatic heterocycles. The number of sulfonamides is 1. The van der Waals surface area contributed by atoms with Gasteiger partial charge in [-0.2, -0.15) is 0 Å². The molecule has 138 valence electrons. The molecule has 0 fully saturated rings. The Morgan fingerprint density at radius 3 is 2.19 bits per heavy atom. The zero-order chi connectivity index (χ0) is 19.2. The molecule has 0 atom stereocenters. The van der Waals surface area contributed by atoms with E-state index in [4.69, 9.17) is 0 Å². The molecule has 0 aliphatic carbocycles. The molecule has 2 amide bonds. The van der Waals surface area contributed by atoms with E-state index in [1.54, 1.807) is 36.4 Å². The Hall–Kier alpha value is -2.87. The van der Waals surface area contributed by atoms with Gasteiger partial charge in [0.25, 0.3) is 10.0 Å². The van der Waals surface area contributed by atoms with Crippen molar-refractivity contribution in [3.8, 4) is 0 Å². The monoisotopic (exact) mass is 375 g/mol. The van der Waals surface area contributed by atoms with Crippen molar-refractivity contribution in [1.82, 2.24) is 5.32 Å². The number of rotatable bonds is 7. The highest BCUT2D eigenvalue weighted by atomic mass is 32.2. The summed E-state index contributed by atoms with van der Waals surface area (Å²) in [5.74, 6) is -0.338. The highest BCUT2D eigenvalue weighted by Gasteiger charge is 2.14. The van der Waals surface area contributed by atoms with Crippen LogP contribution in [0.2, 0.25) is 0 Å². The molecule has 0 heterocycles. The molecular weight excluding hydrogens is 354 g/mol. The molecule has 0 spiro atoms. The summed E-state index contributed by atoms with van der Waals surface area (Å²) in [5, 5.41) is 5.29. The van der Waals surface area contributed by atoms with Gasteiger partial charge in [0.1, 0.15) is 0 Å². The Morgan fingerprint density at radius 2 is 1.58 bits per heavy atom. The van der Waals surface area contributed by atoms with Crippen molar-refractivity contribution in [3.05, 3.63) is 54.1 Å². The first-order valence-corrected chi connectivity index (χ1v) is 9.48. The normalized spacial score (nSPS) is 10.8. The van der Waals surface area contributed by atoms with E-state index >= 15 is 0 Å². The summed E-state index contributed by atoms with van der Waals surface area (Å²) in [6.07, 6.45) is 0.617. The minimum Gasteiger partial charge on any atom is -0.356 e. The van der Waals surface area contributed by atoms with Crippen molar-refractivity contribution in [1.29, 1.82) is 0 Å². The zero-order valence-corrected chi connectivity index (χ0v) is 15.4. The van der Waals surface area contributed by atoms with Crippen LogP contribution in [0.25, 0.3) is 0 Å². The fourth-order valence-electron chi connectivity index (χ4n) is 2.30. The second-order valence-electron chi connectivity index (χ2n) is 5.74. The standard InChI is InChI=1S/C18H21N3O4S/c1-13(22)19-11-10-15-6-8-18(9-7-15)26(24,25)21-17-5-3-4-16(12-17)20-14(2)23/h3-9,12,21H,10-11H2,1-2H3,(H,19,22)(H,20,23). The van der Waals surface area contributed by atoms with Crippen LogP contribution in [0.15, 0.2) is 53.4 Å². The summed E-state index contributed by atoms with van der Waals surface area (Å²) in [5.41, 5.74) is 1.78. The number of benzene rings is 2. The third-order valence-electron chi connectivity index (χ3n) is 3.46. The molecule has 0 saturated heterocycles. The van der Waals surface area contributed by atoms with Gasteiger partial charge < -0.3 is 10.6 Å². The Morgan fingerprint density at radius 1 is 0.923 bits per heavy atom. The van der Waals surface area contributed by atoms with Gasteiger partial charge in [-0.15, -0.1) is 0 Å². The average Bonchev–Trinajstić information content (AvgIpc) is 2.54. The maximum atomic E-state index is 12.5. The van der Waals surface area contributed by atoms with Crippen molar-refractivity contribution in [2.75, 3.05) is 16.6 Å². The van der Waals surface area contributed by atoms with Gasteiger partial charge in [0.2, 0.25) is 11.8 Å². The maximum Gasteiger partial charge on any atom is 0.261 e. The number of anilines is 2. The van der Waals surface area contributed by atoms with Crippen LogP contribution in [-0.2, 0) is 26.0 Å². The summed E-state index contributed by atoms with van der Waals surface area (Å²) >= 11 is 0. The van der Waals surface area contributed by atoms with E-state index in [-0.39, 0.29) is 16.7 Å². The molecule has 8 heteroatoms. The minimum atomic E-state index is -3.74. The first-order chi connectivity index (χ1) is 12.3. The van der Waals surface area contributed by atoms with Gasteiger partial charge >= 0.3 is 0 Å². The largest absolute Gasteiger partial charge is 0.356 e. The first kappa shape index (κ1) is 19.5. The second kappa shape index (κ2) is 8.48. The molecule has 2 aromatic rings. The lowest BCUT2D eigenvalue weighted by atomic mass is 10.1. The molecule has 7 nitrogen and oxygen atoms in total. The molecular formula is C18H21N3O4S. The van der Waals surface area contributed by atoms with Gasteiger partial charge in [-0.1, -0.05) is 18.2 Å². The van der Waals surface area contributed by atoms with Crippen LogP contribution >= 0.6 is 0 Å². The minimum absolute atomic E-state index is 0.102. The smallest absolute Gasteiger partial charge is 0.261 e. The van der Waals surface area contributed by atoms with Gasteiger partial charge in [0.05, 0.1) is 10.6 Å². The number of nitrogens with one attached hydrogen (secondary N) is 3. The first-order valence-electron chi connectivity index (χ1n) is 8.00. The van der Waals surface area contributed by atoms with Gasteiger partial charge in [-0.3, -0.25) is 14.3 Å². The van der Waals surface area contributed by atoms with Crippen LogP contribution in [0.3, 0.4) is 0 Å². The van der Waals surface area contributed by atoms with Crippen LogP contribution in [0.4, 0.5) is 11.4 Å². The van der Waals surface area contributed by atoms with Gasteiger partial charge in [0, 0.05) is 26.1 Å². The lowest BCUT2D eigenvalue weighted by molar-refractivity contribution is -0.119. The molecule has 26 heavy (non-hydrogen) atoms. The molecule has 0 unspecified atom stereocenters. The lowest BCUT2D eigenvalue weighted by Crippen LogP contribution is -2.22. The maximum absolute atomic E-state index is 12.5. The van der Waals surface area contributed by atoms with E-state index in [2.05, 4.69) is 15.4 Å². The fourth-order valence-corrected chi connectivity index (χ4v) is 3.35. The van der Waals surface area contributed by atoms with E-state index in [9.17, 15) is 18.0 Å². The third-order valence-corrected chi connectivity index (χ3v) is 4.85. The van der Waals surface area contributed by atoms with E-state index in [0.717, 1.165) is 5.56 Å². The molecule has 0 aromatic heterocycles. The van der Waals surface area contributed by atoms with Crippen LogP contribution < -0.4 is 15.4 Å². The summed E-state index contributed by atoms with van der Waals surface area (Å²) < 4.78 is 27.5. The summed E-state index contributed by atoms with van der Waals surface area (Å²) in [4.78, 5) is 22.1. The van der Waals surface area contributed by atoms with Crippen LogP contribution in [0, 0.1) is 0 Å². The Labute approximate surface area is 152 Å². The Bertz CT molecular complexity index is 893. The predicted octanol–water partition coefficient (Wildman–Crippen LogP) is 2.12. The Balaban J connectivity index is 2.07. The summed E-state index contributed by atoms with van der Waals surface area (Å²) in [6.45, 7) is 3.32. The second-order valence-corrected chi connectivity index (χ2v) is 7.43. The molecule has 2 rings (SSSR count). The van der Waals surface area contributed by atoms with Crippen molar-refractivity contribution in [2.24, 2.45) is 0 Å². The van der Waals surface area contributed by atoms with Crippen molar-refractivity contribution in [2.45, 2.75) is 25.2 Å². The molecule has 0 bridgehead atoms. The lowest BCUT2D eigenvalue weighted by Gasteiger charge is -2.10. The molecule has 2 aromatic carbocycles. The topological polar surface area (TPSA) is 104 Å². The van der Waals surface area contributed by atoms with Crippen LogP contribution in [0.5, 0.6) is 0 Å². The molecule has 0 aliphatic rings. The number of carbonyl (C=O) groups is 2. The van der Waals surface area contributed by atoms with Gasteiger partial charge in [-0.25, -0.2) is 8.42 Å². The quantitative estimate of drug-likeness (QED) is 0.689. The highest BCUT2D eigenvalue weighted by molar-refractivity contribution is 7.92. The van der Waals surface area contributed by atoms with E-state index in [1.807, 2.05) is 0 Å². The zero-order valence-electron chi connectivity index (χ0n) is 14.6. The SMILES string of the molecule is CC(=O)NCCc1ccc(S(=O)(=O)Nc2cccc(NC(C)=O)c2)cc1. The predicted molar refractivity (Wildman–Crippen MR) is 100 cm³/mol. The van der Waals surface area contributed by atoms with Crippen molar-refractivity contribution >= 4 is 33.2 Å². The fraction of sp³-hybridized carbons (Fsp3) is 0.222. The van der Waals surface area contributed by atoms with Crippen molar-refractivity contribution < 1.29 is 18.0 Å². The van der Waals surface area contributed by atoms with Crippen LogP contribution in [0.1, 0.15) is 19.4 Å². The number of hydrogen-bond donors (Lipinski definition) is 3. The third kappa shape index (κ3) is 5.89. The summed E-state index contributed by atoms with van der Waals surface area (Å²) in [7, 11) is -3.74. The molecule has 0 saturated carbocycles. The average molecular weight is 375 g/mol. The van der Waals surface area contributed by atoms with E-state index in [0.29, 0.717) is 24.3 Å². The molecule has 3 N–H and O–H groups in total. The van der Waals surface area contributed by atoms with Crippen LogP contribution in [-0.4, -0.2) is 26.8 Å². The number of amides is 2. The Kier molecular flexibility index (Phi) is 6.35. The van der Waals surface area contributed by atoms with Gasteiger partial charge in [-0.05, 0) is 42.3 Å². The van der Waals surface area contributed by atoms with E-state index < -0.39 is 10.0 Å². The summed E-state index contributed by atoms with van der Waals surface area (Å²) in [6, 6.07) is 12.9.